The minimum absolute atomic E-state index is 0.695. The maximum Gasteiger partial charge on any atom is 0.213 e. The molecule has 0 aliphatic carbocycles. The molecule has 0 fully saturated rings. The summed E-state index contributed by atoms with van der Waals surface area (Å²) in [6.07, 6.45) is 6.67. The van der Waals surface area contributed by atoms with Gasteiger partial charge in [-0.1, -0.05) is 12.2 Å². The fraction of sp³-hybridized carbons (Fsp3) is 0.286. The Morgan fingerprint density at radius 1 is 1.50 bits per heavy atom. The summed E-state index contributed by atoms with van der Waals surface area (Å²) < 4.78 is 0. The van der Waals surface area contributed by atoms with E-state index in [1.807, 2.05) is 11.5 Å². The van der Waals surface area contributed by atoms with Crippen molar-refractivity contribution >= 4 is 18.2 Å². The smallest absolute Gasteiger partial charge is 0.213 e. The van der Waals surface area contributed by atoms with Crippen LogP contribution >= 0.6 is 11.8 Å². The first-order valence-corrected chi connectivity index (χ1v) is 4.12. The van der Waals surface area contributed by atoms with E-state index < -0.39 is 0 Å². The Morgan fingerprint density at radius 3 is 3.20 bits per heavy atom. The van der Waals surface area contributed by atoms with Gasteiger partial charge in [-0.25, -0.2) is 0 Å². The van der Waals surface area contributed by atoms with Gasteiger partial charge in [0.05, 0.1) is 0 Å². The number of hydrogen-bond donors (Lipinski definition) is 0. The van der Waals surface area contributed by atoms with Crippen LogP contribution in [0.25, 0.3) is 0 Å². The fourth-order valence-electron chi connectivity index (χ4n) is 0.636. The van der Waals surface area contributed by atoms with Crippen molar-refractivity contribution in [3.8, 4) is 0 Å². The molecule has 0 atom stereocenters. The molecule has 10 heavy (non-hydrogen) atoms. The summed E-state index contributed by atoms with van der Waals surface area (Å²) in [6.45, 7) is 0.695. The highest BCUT2D eigenvalue weighted by Crippen LogP contribution is 2.05. The number of carbonyl (C=O) groups excluding carboxylic acids is 1. The second-order valence-corrected chi connectivity index (χ2v) is 2.83. The first kappa shape index (κ1) is 7.41. The third-order valence-electron chi connectivity index (χ3n) is 1.16. The SMILES string of the molecule is O=CN1/C=C\SC/C=C\C1. The van der Waals surface area contributed by atoms with Crippen molar-refractivity contribution in [2.75, 3.05) is 12.3 Å². The predicted octanol–water partition coefficient (Wildman–Crippen LogP) is 1.22. The van der Waals surface area contributed by atoms with Crippen LogP contribution in [0.4, 0.5) is 0 Å². The molecule has 0 aromatic rings. The van der Waals surface area contributed by atoms with Crippen LogP contribution in [0.1, 0.15) is 0 Å². The minimum atomic E-state index is 0.695. The minimum Gasteiger partial charge on any atom is -0.317 e. The van der Waals surface area contributed by atoms with Crippen LogP contribution in [0.15, 0.2) is 23.8 Å². The van der Waals surface area contributed by atoms with Gasteiger partial charge in [-0.2, -0.15) is 0 Å². The monoisotopic (exact) mass is 155 g/mol. The highest BCUT2D eigenvalue weighted by atomic mass is 32.2. The van der Waals surface area contributed by atoms with Gasteiger partial charge in [-0.05, 0) is 5.41 Å². The maximum atomic E-state index is 10.3. The van der Waals surface area contributed by atoms with Gasteiger partial charge >= 0.3 is 0 Å². The Hall–Kier alpha value is -0.700. The van der Waals surface area contributed by atoms with E-state index in [9.17, 15) is 4.79 Å². The van der Waals surface area contributed by atoms with E-state index in [4.69, 9.17) is 0 Å². The molecular weight excluding hydrogens is 146 g/mol. The van der Waals surface area contributed by atoms with Gasteiger partial charge in [0.15, 0.2) is 0 Å². The lowest BCUT2D eigenvalue weighted by Crippen LogP contribution is -2.14. The van der Waals surface area contributed by atoms with E-state index in [-0.39, 0.29) is 0 Å². The molecule has 0 unspecified atom stereocenters. The van der Waals surface area contributed by atoms with E-state index in [1.54, 1.807) is 22.9 Å². The molecule has 54 valence electrons. The summed E-state index contributed by atoms with van der Waals surface area (Å²) in [4.78, 5) is 11.9. The van der Waals surface area contributed by atoms with E-state index >= 15 is 0 Å². The standard InChI is InChI=1S/C7H9NOS/c9-7-8-3-1-2-5-10-6-4-8/h1-2,4,6-7H,3,5H2/b2-1-,6-4-. The largest absolute Gasteiger partial charge is 0.317 e. The molecule has 1 rings (SSSR count). The Kier molecular flexibility index (Phi) is 3.09. The van der Waals surface area contributed by atoms with Gasteiger partial charge in [0.2, 0.25) is 6.41 Å². The predicted molar refractivity (Wildman–Crippen MR) is 43.5 cm³/mol. The summed E-state index contributed by atoms with van der Waals surface area (Å²) in [5.41, 5.74) is 0. The lowest BCUT2D eigenvalue weighted by Gasteiger charge is -2.09. The van der Waals surface area contributed by atoms with Crippen molar-refractivity contribution in [1.82, 2.24) is 4.90 Å². The topological polar surface area (TPSA) is 20.3 Å². The van der Waals surface area contributed by atoms with Gasteiger partial charge in [0.1, 0.15) is 0 Å². The van der Waals surface area contributed by atoms with Crippen molar-refractivity contribution in [2.45, 2.75) is 0 Å². The molecule has 2 nitrogen and oxygen atoms in total. The van der Waals surface area contributed by atoms with Crippen LogP contribution in [0, 0.1) is 0 Å². The molecule has 0 spiro atoms. The zero-order valence-electron chi connectivity index (χ0n) is 5.56. The van der Waals surface area contributed by atoms with Crippen molar-refractivity contribution < 1.29 is 4.79 Å². The molecule has 1 aliphatic rings. The van der Waals surface area contributed by atoms with Crippen molar-refractivity contribution in [1.29, 1.82) is 0 Å². The van der Waals surface area contributed by atoms with Crippen LogP contribution < -0.4 is 0 Å². The number of rotatable bonds is 1. The average molecular weight is 155 g/mol. The van der Waals surface area contributed by atoms with Gasteiger partial charge in [-0.3, -0.25) is 4.79 Å². The first-order chi connectivity index (χ1) is 4.93. The first-order valence-electron chi connectivity index (χ1n) is 3.08. The lowest BCUT2D eigenvalue weighted by atomic mass is 10.5. The zero-order chi connectivity index (χ0) is 7.23. The molecule has 0 aromatic heterocycles. The van der Waals surface area contributed by atoms with E-state index in [1.165, 1.54) is 0 Å². The molecule has 0 saturated heterocycles. The highest BCUT2D eigenvalue weighted by Gasteiger charge is 1.93. The Morgan fingerprint density at radius 2 is 2.40 bits per heavy atom. The van der Waals surface area contributed by atoms with Gasteiger partial charge in [-0.15, -0.1) is 11.8 Å². The molecular formula is C7H9NOS. The van der Waals surface area contributed by atoms with E-state index in [2.05, 4.69) is 6.08 Å². The summed E-state index contributed by atoms with van der Waals surface area (Å²) >= 11 is 1.68. The molecule has 1 amide bonds. The second-order valence-electron chi connectivity index (χ2n) is 1.89. The molecule has 3 heteroatoms. The van der Waals surface area contributed by atoms with E-state index in [0.717, 1.165) is 12.2 Å². The second kappa shape index (κ2) is 4.17. The third-order valence-corrected chi connectivity index (χ3v) is 1.86. The number of nitrogens with zero attached hydrogens (tertiary/aromatic N) is 1. The van der Waals surface area contributed by atoms with Crippen LogP contribution in [0.3, 0.4) is 0 Å². The molecule has 0 aromatic carbocycles. The zero-order valence-corrected chi connectivity index (χ0v) is 6.38. The van der Waals surface area contributed by atoms with Gasteiger partial charge in [0, 0.05) is 18.5 Å². The van der Waals surface area contributed by atoms with Crippen LogP contribution in [-0.4, -0.2) is 23.6 Å². The van der Waals surface area contributed by atoms with Crippen LogP contribution in [-0.2, 0) is 4.79 Å². The molecule has 0 bridgehead atoms. The highest BCUT2D eigenvalue weighted by molar-refractivity contribution is 8.02. The third kappa shape index (κ3) is 2.27. The maximum absolute atomic E-state index is 10.3. The fourth-order valence-corrected chi connectivity index (χ4v) is 1.24. The Labute approximate surface area is 64.6 Å². The number of hydrogen-bond acceptors (Lipinski definition) is 2. The molecule has 0 saturated carbocycles. The Bertz CT molecular complexity index is 165. The molecule has 1 aliphatic heterocycles. The number of amides is 1. The lowest BCUT2D eigenvalue weighted by molar-refractivity contribution is -0.115. The summed E-state index contributed by atoms with van der Waals surface area (Å²) in [7, 11) is 0. The summed E-state index contributed by atoms with van der Waals surface area (Å²) in [5.74, 6) is 1.00. The quantitative estimate of drug-likeness (QED) is 0.419. The Balaban J connectivity index is 2.48. The molecule has 0 N–H and O–H groups in total. The van der Waals surface area contributed by atoms with Crippen molar-refractivity contribution in [3.63, 3.8) is 0 Å². The summed E-state index contributed by atoms with van der Waals surface area (Å²) in [6, 6.07) is 0. The number of carbonyl (C=O) groups is 1. The average Bonchev–Trinajstić information content (AvgIpc) is 1.87. The van der Waals surface area contributed by atoms with Gasteiger partial charge in [0.25, 0.3) is 0 Å². The van der Waals surface area contributed by atoms with Crippen molar-refractivity contribution in [3.05, 3.63) is 23.8 Å². The van der Waals surface area contributed by atoms with Crippen LogP contribution in [0.5, 0.6) is 0 Å². The molecule has 0 radical (unpaired) electrons. The number of thioether (sulfide) groups is 1. The molecule has 1 heterocycles. The van der Waals surface area contributed by atoms with Gasteiger partial charge < -0.3 is 4.90 Å². The van der Waals surface area contributed by atoms with Crippen molar-refractivity contribution in [2.24, 2.45) is 0 Å². The summed E-state index contributed by atoms with van der Waals surface area (Å²) in [5, 5.41) is 1.93. The van der Waals surface area contributed by atoms with E-state index in [0.29, 0.717) is 6.54 Å². The van der Waals surface area contributed by atoms with Crippen LogP contribution in [0.2, 0.25) is 0 Å². The normalized spacial score (nSPS) is 24.6.